The quantitative estimate of drug-likeness (QED) is 0.472. The Morgan fingerprint density at radius 3 is 1.90 bits per heavy atom. The molecule has 116 valence electrons. The maximum Gasteiger partial charge on any atom is 0.416 e. The van der Waals surface area contributed by atoms with Crippen LogP contribution in [-0.4, -0.2) is 12.6 Å². The summed E-state index contributed by atoms with van der Waals surface area (Å²) in [6, 6.07) is 1.05. The molecule has 0 unspecified atom stereocenters. The molecule has 0 aliphatic carbocycles. The van der Waals surface area contributed by atoms with Gasteiger partial charge in [-0.2, -0.15) is 26.3 Å². The maximum absolute atomic E-state index is 12.6. The van der Waals surface area contributed by atoms with Crippen molar-refractivity contribution in [1.29, 1.82) is 0 Å². The highest BCUT2D eigenvalue weighted by Gasteiger charge is 2.36. The smallest absolute Gasteiger partial charge is 0.416 e. The number of benzene rings is 1. The molecule has 0 saturated heterocycles. The van der Waals surface area contributed by atoms with Crippen LogP contribution in [0.25, 0.3) is 6.08 Å². The minimum absolute atomic E-state index is 0.0156. The van der Waals surface area contributed by atoms with E-state index in [4.69, 9.17) is 0 Å². The van der Waals surface area contributed by atoms with Crippen molar-refractivity contribution in [2.24, 2.45) is 0 Å². The summed E-state index contributed by atoms with van der Waals surface area (Å²) in [6.07, 6.45) is -8.25. The SMILES string of the molecule is CCOC(=O)/C=C/c1cc(C(F)(F)F)cc(C(F)(F)F)c1. The van der Waals surface area contributed by atoms with Gasteiger partial charge in [-0.25, -0.2) is 4.79 Å². The van der Waals surface area contributed by atoms with Crippen LogP contribution in [0.3, 0.4) is 0 Å². The monoisotopic (exact) mass is 312 g/mol. The molecular weight excluding hydrogens is 302 g/mol. The van der Waals surface area contributed by atoms with Crippen LogP contribution >= 0.6 is 0 Å². The Labute approximate surface area is 116 Å². The zero-order valence-corrected chi connectivity index (χ0v) is 10.7. The minimum atomic E-state index is -4.92. The number of hydrogen-bond acceptors (Lipinski definition) is 2. The van der Waals surface area contributed by atoms with Crippen LogP contribution in [0, 0.1) is 0 Å². The Balaban J connectivity index is 3.23. The highest BCUT2D eigenvalue weighted by molar-refractivity contribution is 5.87. The third kappa shape index (κ3) is 5.13. The molecule has 0 aromatic heterocycles. The first-order chi connectivity index (χ1) is 9.54. The van der Waals surface area contributed by atoms with Crippen LogP contribution < -0.4 is 0 Å². The van der Waals surface area contributed by atoms with Crippen molar-refractivity contribution in [2.75, 3.05) is 6.61 Å². The van der Waals surface area contributed by atoms with Gasteiger partial charge >= 0.3 is 18.3 Å². The van der Waals surface area contributed by atoms with Crippen molar-refractivity contribution in [1.82, 2.24) is 0 Å². The second-order valence-electron chi connectivity index (χ2n) is 3.92. The van der Waals surface area contributed by atoms with E-state index in [1.54, 1.807) is 0 Å². The van der Waals surface area contributed by atoms with Crippen LogP contribution in [0.4, 0.5) is 26.3 Å². The van der Waals surface area contributed by atoms with Crippen LogP contribution in [0.2, 0.25) is 0 Å². The molecule has 2 nitrogen and oxygen atoms in total. The van der Waals surface area contributed by atoms with E-state index in [9.17, 15) is 31.1 Å². The predicted octanol–water partition coefficient (Wildman–Crippen LogP) is 4.30. The lowest BCUT2D eigenvalue weighted by Gasteiger charge is -2.12. The molecule has 0 amide bonds. The summed E-state index contributed by atoms with van der Waals surface area (Å²) in [5.41, 5.74) is -3.29. The molecule has 0 bridgehead atoms. The molecule has 0 fully saturated rings. The van der Waals surface area contributed by atoms with E-state index < -0.39 is 35.0 Å². The number of halogens is 6. The van der Waals surface area contributed by atoms with E-state index in [1.165, 1.54) is 6.92 Å². The second kappa shape index (κ2) is 6.19. The summed E-state index contributed by atoms with van der Waals surface area (Å²) in [5, 5.41) is 0. The Morgan fingerprint density at radius 2 is 1.52 bits per heavy atom. The Bertz CT molecular complexity index is 510. The first-order valence-electron chi connectivity index (χ1n) is 5.68. The largest absolute Gasteiger partial charge is 0.463 e. The standard InChI is InChI=1S/C13H10F6O2/c1-2-21-11(20)4-3-8-5-9(12(14,15)16)7-10(6-8)13(17,18)19/h3-7H,2H2,1H3/b4-3+. The molecule has 1 aromatic rings. The molecule has 1 rings (SSSR count). The molecule has 0 heterocycles. The number of hydrogen-bond donors (Lipinski definition) is 0. The predicted molar refractivity (Wildman–Crippen MR) is 62.1 cm³/mol. The number of carbonyl (C=O) groups is 1. The molecule has 1 aromatic carbocycles. The second-order valence-corrected chi connectivity index (χ2v) is 3.92. The zero-order chi connectivity index (χ0) is 16.3. The summed E-state index contributed by atoms with van der Waals surface area (Å²) in [4.78, 5) is 11.0. The molecule has 0 N–H and O–H groups in total. The van der Waals surface area contributed by atoms with E-state index in [-0.39, 0.29) is 12.7 Å². The lowest BCUT2D eigenvalue weighted by molar-refractivity contribution is -0.143. The number of alkyl halides is 6. The lowest BCUT2D eigenvalue weighted by atomic mass is 10.0. The molecular formula is C13H10F6O2. The van der Waals surface area contributed by atoms with E-state index in [0.29, 0.717) is 12.1 Å². The first kappa shape index (κ1) is 17.1. The van der Waals surface area contributed by atoms with Gasteiger partial charge in [-0.3, -0.25) is 0 Å². The number of esters is 1. The van der Waals surface area contributed by atoms with Crippen molar-refractivity contribution in [3.05, 3.63) is 41.0 Å². The first-order valence-corrected chi connectivity index (χ1v) is 5.68. The molecule has 0 aliphatic rings. The van der Waals surface area contributed by atoms with E-state index in [2.05, 4.69) is 4.74 Å². The highest BCUT2D eigenvalue weighted by Crippen LogP contribution is 2.36. The lowest BCUT2D eigenvalue weighted by Crippen LogP contribution is -2.11. The molecule has 21 heavy (non-hydrogen) atoms. The van der Waals surface area contributed by atoms with Gasteiger partial charge in [-0.05, 0) is 36.8 Å². The van der Waals surface area contributed by atoms with Crippen LogP contribution in [0.1, 0.15) is 23.6 Å². The summed E-state index contributed by atoms with van der Waals surface area (Å²) in [6.45, 7) is 1.55. The van der Waals surface area contributed by atoms with Gasteiger partial charge in [0.05, 0.1) is 17.7 Å². The third-order valence-electron chi connectivity index (χ3n) is 2.31. The fourth-order valence-corrected chi connectivity index (χ4v) is 1.43. The van der Waals surface area contributed by atoms with E-state index in [1.807, 2.05) is 0 Å². The van der Waals surface area contributed by atoms with Gasteiger partial charge in [0.1, 0.15) is 0 Å². The van der Waals surface area contributed by atoms with Crippen molar-refractivity contribution >= 4 is 12.0 Å². The fourth-order valence-electron chi connectivity index (χ4n) is 1.43. The van der Waals surface area contributed by atoms with Crippen LogP contribution in [0.5, 0.6) is 0 Å². The van der Waals surface area contributed by atoms with E-state index >= 15 is 0 Å². The summed E-state index contributed by atoms with van der Waals surface area (Å²) >= 11 is 0. The van der Waals surface area contributed by atoms with Crippen molar-refractivity contribution < 1.29 is 35.9 Å². The van der Waals surface area contributed by atoms with Gasteiger partial charge in [0.2, 0.25) is 0 Å². The topological polar surface area (TPSA) is 26.3 Å². The fraction of sp³-hybridized carbons (Fsp3) is 0.308. The van der Waals surface area contributed by atoms with Gasteiger partial charge in [0.15, 0.2) is 0 Å². The number of ether oxygens (including phenoxy) is 1. The number of rotatable bonds is 3. The molecule has 0 aliphatic heterocycles. The van der Waals surface area contributed by atoms with Crippen molar-refractivity contribution in [2.45, 2.75) is 19.3 Å². The van der Waals surface area contributed by atoms with Gasteiger partial charge < -0.3 is 4.74 Å². The zero-order valence-electron chi connectivity index (χ0n) is 10.7. The Kier molecular flexibility index (Phi) is 5.03. The Morgan fingerprint density at radius 1 is 1.05 bits per heavy atom. The van der Waals surface area contributed by atoms with Gasteiger partial charge in [0, 0.05) is 6.08 Å². The van der Waals surface area contributed by atoms with Crippen molar-refractivity contribution in [3.63, 3.8) is 0 Å². The third-order valence-corrected chi connectivity index (χ3v) is 2.31. The minimum Gasteiger partial charge on any atom is -0.463 e. The average molecular weight is 312 g/mol. The van der Waals surface area contributed by atoms with Gasteiger partial charge in [-0.1, -0.05) is 0 Å². The summed E-state index contributed by atoms with van der Waals surface area (Å²) < 4.78 is 79.9. The maximum atomic E-state index is 12.6. The van der Waals surface area contributed by atoms with E-state index in [0.717, 1.165) is 12.2 Å². The molecule has 0 saturated carbocycles. The van der Waals surface area contributed by atoms with Crippen LogP contribution in [0.15, 0.2) is 24.3 Å². The molecule has 0 radical (unpaired) electrons. The average Bonchev–Trinajstić information content (AvgIpc) is 2.34. The van der Waals surface area contributed by atoms with Crippen molar-refractivity contribution in [3.8, 4) is 0 Å². The van der Waals surface area contributed by atoms with Gasteiger partial charge in [0.25, 0.3) is 0 Å². The summed E-state index contributed by atoms with van der Waals surface area (Å²) in [7, 11) is 0. The molecule has 0 atom stereocenters. The van der Waals surface area contributed by atoms with Crippen LogP contribution in [-0.2, 0) is 21.9 Å². The molecule has 8 heteroatoms. The Hall–Kier alpha value is -1.99. The number of carbonyl (C=O) groups excluding carboxylic acids is 1. The summed E-state index contributed by atoms with van der Waals surface area (Å²) in [5.74, 6) is -0.858. The molecule has 0 spiro atoms. The van der Waals surface area contributed by atoms with Gasteiger partial charge in [-0.15, -0.1) is 0 Å². The highest BCUT2D eigenvalue weighted by atomic mass is 19.4. The normalized spacial score (nSPS) is 12.7.